The molecule has 0 spiro atoms. The van der Waals surface area contributed by atoms with Gasteiger partial charge in [-0.3, -0.25) is 4.79 Å². The summed E-state index contributed by atoms with van der Waals surface area (Å²) < 4.78 is 1.59. The fourth-order valence-corrected chi connectivity index (χ4v) is 2.03. The largest absolute Gasteiger partial charge is 0.384 e. The second-order valence-corrected chi connectivity index (χ2v) is 4.71. The first-order valence-corrected chi connectivity index (χ1v) is 7.02. The average molecular weight is 251 g/mol. The molecular formula is C14H25N3O. The molecule has 0 aliphatic carbocycles. The van der Waals surface area contributed by atoms with Gasteiger partial charge in [0.2, 0.25) is 0 Å². The van der Waals surface area contributed by atoms with Crippen molar-refractivity contribution in [2.24, 2.45) is 5.92 Å². The van der Waals surface area contributed by atoms with Crippen molar-refractivity contribution < 1.29 is 0 Å². The number of nitrogens with one attached hydrogen (secondary N) is 1. The van der Waals surface area contributed by atoms with Crippen molar-refractivity contribution in [2.75, 3.05) is 11.9 Å². The van der Waals surface area contributed by atoms with Crippen LogP contribution in [0.25, 0.3) is 0 Å². The molecule has 0 saturated carbocycles. The molecule has 0 aromatic carbocycles. The molecule has 1 aromatic rings. The molecule has 4 nitrogen and oxygen atoms in total. The second kappa shape index (κ2) is 7.90. The summed E-state index contributed by atoms with van der Waals surface area (Å²) in [5.74, 6) is 0.556. The number of hydrogen-bond donors (Lipinski definition) is 1. The molecule has 0 fully saturated rings. The van der Waals surface area contributed by atoms with Crippen molar-refractivity contribution in [2.45, 2.75) is 53.0 Å². The van der Waals surface area contributed by atoms with Gasteiger partial charge in [0, 0.05) is 19.2 Å². The molecule has 1 N–H and O–H groups in total. The van der Waals surface area contributed by atoms with Crippen LogP contribution in [-0.2, 0) is 6.54 Å². The number of hydrogen-bond acceptors (Lipinski definition) is 3. The molecule has 1 unspecified atom stereocenters. The highest BCUT2D eigenvalue weighted by Gasteiger charge is 2.09. The number of anilines is 1. The zero-order valence-corrected chi connectivity index (χ0v) is 11.8. The third-order valence-electron chi connectivity index (χ3n) is 3.22. The van der Waals surface area contributed by atoms with Gasteiger partial charge in [-0.25, -0.2) is 4.68 Å². The Labute approximate surface area is 109 Å². The van der Waals surface area contributed by atoms with Gasteiger partial charge in [0.25, 0.3) is 5.56 Å². The molecule has 1 aromatic heterocycles. The van der Waals surface area contributed by atoms with Crippen LogP contribution in [0, 0.1) is 5.92 Å². The maximum absolute atomic E-state index is 11.9. The molecule has 1 atom stereocenters. The van der Waals surface area contributed by atoms with E-state index in [1.165, 1.54) is 19.3 Å². The molecule has 4 heteroatoms. The first-order chi connectivity index (χ1) is 8.71. The Morgan fingerprint density at radius 2 is 2.17 bits per heavy atom. The van der Waals surface area contributed by atoms with Crippen LogP contribution >= 0.6 is 0 Å². The van der Waals surface area contributed by atoms with Gasteiger partial charge in [-0.1, -0.05) is 33.1 Å². The van der Waals surface area contributed by atoms with Crippen molar-refractivity contribution >= 4 is 5.69 Å². The minimum atomic E-state index is -0.0107. The normalized spacial score (nSPS) is 12.4. The van der Waals surface area contributed by atoms with Crippen LogP contribution in [0.1, 0.15) is 46.5 Å². The first-order valence-electron chi connectivity index (χ1n) is 7.02. The van der Waals surface area contributed by atoms with Gasteiger partial charge in [0.15, 0.2) is 0 Å². The lowest BCUT2D eigenvalue weighted by molar-refractivity contribution is 0.363. The van der Waals surface area contributed by atoms with E-state index in [1.54, 1.807) is 16.9 Å². The van der Waals surface area contributed by atoms with Crippen LogP contribution in [0.3, 0.4) is 0 Å². The second-order valence-electron chi connectivity index (χ2n) is 4.71. The Morgan fingerprint density at radius 3 is 2.72 bits per heavy atom. The lowest BCUT2D eigenvalue weighted by Crippen LogP contribution is -2.26. The number of unbranched alkanes of at least 4 members (excludes halogenated alkanes) is 1. The zero-order chi connectivity index (χ0) is 13.4. The van der Waals surface area contributed by atoms with Crippen molar-refractivity contribution in [3.8, 4) is 0 Å². The van der Waals surface area contributed by atoms with Crippen molar-refractivity contribution in [3.63, 3.8) is 0 Å². The third kappa shape index (κ3) is 4.51. The van der Waals surface area contributed by atoms with Gasteiger partial charge in [-0.2, -0.15) is 5.10 Å². The van der Waals surface area contributed by atoms with E-state index in [2.05, 4.69) is 24.3 Å². The highest BCUT2D eigenvalue weighted by molar-refractivity contribution is 5.38. The summed E-state index contributed by atoms with van der Waals surface area (Å²) in [6.07, 6.45) is 6.44. The molecular weight excluding hydrogens is 226 g/mol. The Balaban J connectivity index is 2.68. The lowest BCUT2D eigenvalue weighted by atomic mass is 9.99. The maximum atomic E-state index is 11.9. The lowest BCUT2D eigenvalue weighted by Gasteiger charge is -2.15. The Morgan fingerprint density at radius 1 is 1.39 bits per heavy atom. The van der Waals surface area contributed by atoms with Gasteiger partial charge < -0.3 is 5.32 Å². The predicted octanol–water partition coefficient (Wildman–Crippen LogP) is 2.89. The van der Waals surface area contributed by atoms with Gasteiger partial charge in [0.1, 0.15) is 0 Å². The fraction of sp³-hybridized carbons (Fsp3) is 0.714. The molecule has 0 aliphatic rings. The molecule has 0 saturated heterocycles. The van der Waals surface area contributed by atoms with Gasteiger partial charge in [-0.05, 0) is 19.3 Å². The maximum Gasteiger partial charge on any atom is 0.268 e. The van der Waals surface area contributed by atoms with E-state index in [0.29, 0.717) is 5.92 Å². The fourth-order valence-electron chi connectivity index (χ4n) is 2.03. The highest BCUT2D eigenvalue weighted by Crippen LogP contribution is 2.13. The van der Waals surface area contributed by atoms with Crippen LogP contribution in [0.4, 0.5) is 5.69 Å². The molecule has 0 amide bonds. The summed E-state index contributed by atoms with van der Waals surface area (Å²) in [6.45, 7) is 7.92. The van der Waals surface area contributed by atoms with Gasteiger partial charge in [-0.15, -0.1) is 0 Å². The molecule has 1 rings (SSSR count). The average Bonchev–Trinajstić information content (AvgIpc) is 2.37. The monoisotopic (exact) mass is 251 g/mol. The Bertz CT molecular complexity index is 400. The summed E-state index contributed by atoms with van der Waals surface area (Å²) >= 11 is 0. The molecule has 1 heterocycles. The highest BCUT2D eigenvalue weighted by atomic mass is 16.1. The summed E-state index contributed by atoms with van der Waals surface area (Å²) in [6, 6.07) is 1.63. The van der Waals surface area contributed by atoms with Crippen LogP contribution < -0.4 is 10.9 Å². The van der Waals surface area contributed by atoms with Gasteiger partial charge in [0.05, 0.1) is 11.9 Å². The third-order valence-corrected chi connectivity index (χ3v) is 3.22. The number of rotatable bonds is 8. The van der Waals surface area contributed by atoms with Gasteiger partial charge >= 0.3 is 0 Å². The molecule has 18 heavy (non-hydrogen) atoms. The van der Waals surface area contributed by atoms with Crippen molar-refractivity contribution in [1.29, 1.82) is 0 Å². The predicted molar refractivity (Wildman–Crippen MR) is 76.0 cm³/mol. The quantitative estimate of drug-likeness (QED) is 0.772. The molecule has 0 aliphatic heterocycles. The first kappa shape index (κ1) is 14.7. The van der Waals surface area contributed by atoms with Crippen LogP contribution in [0.15, 0.2) is 17.1 Å². The summed E-state index contributed by atoms with van der Waals surface area (Å²) in [5, 5.41) is 7.34. The van der Waals surface area contributed by atoms with E-state index >= 15 is 0 Å². The zero-order valence-electron chi connectivity index (χ0n) is 11.8. The van der Waals surface area contributed by atoms with E-state index < -0.39 is 0 Å². The van der Waals surface area contributed by atoms with E-state index in [1.807, 2.05) is 6.92 Å². The van der Waals surface area contributed by atoms with Crippen molar-refractivity contribution in [3.05, 3.63) is 22.6 Å². The molecule has 0 bridgehead atoms. The Kier molecular flexibility index (Phi) is 6.47. The van der Waals surface area contributed by atoms with E-state index in [0.717, 1.165) is 25.2 Å². The standard InChI is InChI=1S/C14H25N3O/c1-4-7-8-12(5-2)11-17-14(18)9-13(10-16-17)15-6-3/h9-10,12,15H,4-8,11H2,1-3H3. The van der Waals surface area contributed by atoms with E-state index in [-0.39, 0.29) is 5.56 Å². The minimum absolute atomic E-state index is 0.0107. The Hall–Kier alpha value is -1.32. The van der Waals surface area contributed by atoms with Crippen LogP contribution in [-0.4, -0.2) is 16.3 Å². The molecule has 102 valence electrons. The minimum Gasteiger partial charge on any atom is -0.384 e. The number of nitrogens with zero attached hydrogens (tertiary/aromatic N) is 2. The number of aromatic nitrogens is 2. The van der Waals surface area contributed by atoms with E-state index in [4.69, 9.17) is 0 Å². The van der Waals surface area contributed by atoms with Crippen molar-refractivity contribution in [1.82, 2.24) is 9.78 Å². The summed E-state index contributed by atoms with van der Waals surface area (Å²) in [7, 11) is 0. The smallest absolute Gasteiger partial charge is 0.268 e. The van der Waals surface area contributed by atoms with E-state index in [9.17, 15) is 4.79 Å². The molecule has 0 radical (unpaired) electrons. The topological polar surface area (TPSA) is 46.9 Å². The summed E-state index contributed by atoms with van der Waals surface area (Å²) in [5.41, 5.74) is 0.795. The van der Waals surface area contributed by atoms with Crippen LogP contribution in [0.2, 0.25) is 0 Å². The SMILES string of the molecule is CCCCC(CC)Cn1ncc(NCC)cc1=O. The summed E-state index contributed by atoms with van der Waals surface area (Å²) in [4.78, 5) is 11.9. The van der Waals surface area contributed by atoms with Crippen LogP contribution in [0.5, 0.6) is 0 Å².